The summed E-state index contributed by atoms with van der Waals surface area (Å²) in [4.78, 5) is 130. The number of benzene rings is 4. The molecular formula is C115H186N6O20. The maximum Gasteiger partial charge on any atom is 0.424 e. The molecule has 141 heavy (non-hydrogen) atoms. The van der Waals surface area contributed by atoms with Crippen molar-refractivity contribution in [1.82, 2.24) is 9.80 Å². The fourth-order valence-corrected chi connectivity index (χ4v) is 17.6. The highest BCUT2D eigenvalue weighted by atomic mass is 16.6. The summed E-state index contributed by atoms with van der Waals surface area (Å²) in [7, 11) is 0. The molecule has 0 bridgehead atoms. The number of ether oxygens (including phenoxy) is 10. The number of rotatable bonds is 34. The van der Waals surface area contributed by atoms with E-state index in [-0.39, 0.29) is 11.7 Å². The van der Waals surface area contributed by atoms with Crippen LogP contribution in [0.3, 0.4) is 0 Å². The molecule has 5 aliphatic carbocycles. The van der Waals surface area contributed by atoms with Crippen LogP contribution in [0.5, 0.6) is 0 Å². The van der Waals surface area contributed by atoms with E-state index in [4.69, 9.17) is 47.4 Å². The SMILES string of the molecule is CC(C)(C)OC(=O)Nc1ccccc1.CC(C)(OC(=O)N(C(=O)OC(C)(C)C1CCCCC1)c1ccccc1)C1CCCCC1.CC(C)(OC(=O)Nc1ccccc1)C1CCCCC1.CCC(C)(C)OC(=O)N(C(=O)OC(C)(C)CC)c1ccccc1.CCCCCCCCCN(C(=O)OC(C)(C)C)C(=O)OC(C)(C)C.CCCCCCCCCN(C(=O)OC1(CC)CCCC1)C(=O)OC1(CC)CCCC1. The number of anilines is 4. The Morgan fingerprint density at radius 3 is 0.816 bits per heavy atom. The Morgan fingerprint density at radius 2 is 0.539 bits per heavy atom. The lowest BCUT2D eigenvalue weighted by Crippen LogP contribution is -2.48. The Morgan fingerprint density at radius 1 is 0.284 bits per heavy atom. The zero-order valence-electron chi connectivity index (χ0n) is 91.6. The molecule has 0 saturated heterocycles. The summed E-state index contributed by atoms with van der Waals surface area (Å²) in [6.07, 6.45) is 38.2. The molecule has 0 aliphatic heterocycles. The van der Waals surface area contributed by atoms with Gasteiger partial charge < -0.3 is 47.4 Å². The second-order valence-electron chi connectivity index (χ2n) is 44.5. The molecule has 5 aliphatic rings. The molecular weight excluding hydrogens is 1790 g/mol. The number of carbonyl (C=O) groups excluding carboxylic acids is 10. The third kappa shape index (κ3) is 48.6. The number of unbranched alkanes of at least 4 members (excludes halogenated alkanes) is 12. The molecule has 0 unspecified atom stereocenters. The summed E-state index contributed by atoms with van der Waals surface area (Å²) in [6.45, 7) is 48.4. The van der Waals surface area contributed by atoms with E-state index in [1.54, 1.807) is 118 Å². The monoisotopic (exact) mass is 1970 g/mol. The maximum atomic E-state index is 13.3. The van der Waals surface area contributed by atoms with Gasteiger partial charge in [0.15, 0.2) is 0 Å². The van der Waals surface area contributed by atoms with Crippen molar-refractivity contribution in [2.75, 3.05) is 33.5 Å². The molecule has 26 heteroatoms. The van der Waals surface area contributed by atoms with Gasteiger partial charge in [-0.05, 0) is 326 Å². The van der Waals surface area contributed by atoms with Gasteiger partial charge in [-0.2, -0.15) is 9.80 Å². The van der Waals surface area contributed by atoms with Crippen molar-refractivity contribution < 1.29 is 95.3 Å². The summed E-state index contributed by atoms with van der Waals surface area (Å²) in [5.41, 5.74) is -3.13. The van der Waals surface area contributed by atoms with Crippen LogP contribution in [-0.2, 0) is 47.4 Å². The number of nitrogens with zero attached hydrogens (tertiary/aromatic N) is 4. The van der Waals surface area contributed by atoms with Crippen LogP contribution in [0.4, 0.5) is 70.7 Å². The molecule has 0 radical (unpaired) electrons. The van der Waals surface area contributed by atoms with Crippen LogP contribution in [0.1, 0.15) is 436 Å². The van der Waals surface area contributed by atoms with E-state index in [1.165, 1.54) is 88.4 Å². The molecule has 0 aromatic heterocycles. The number of amides is 10. The van der Waals surface area contributed by atoms with Gasteiger partial charge in [0.2, 0.25) is 0 Å². The Kier molecular flexibility index (Phi) is 53.9. The van der Waals surface area contributed by atoms with Crippen LogP contribution < -0.4 is 20.4 Å². The average Bonchev–Trinajstić information content (AvgIpc) is 1.80. The topological polar surface area (TPSA) is 300 Å². The molecule has 0 atom stereocenters. The van der Waals surface area contributed by atoms with E-state index in [9.17, 15) is 47.9 Å². The molecule has 4 aromatic rings. The van der Waals surface area contributed by atoms with Crippen molar-refractivity contribution in [2.45, 2.75) is 492 Å². The number of nitrogens with one attached hydrogen (secondary N) is 2. The smallest absolute Gasteiger partial charge is 0.424 e. The molecule has 0 spiro atoms. The van der Waals surface area contributed by atoms with E-state index in [1.807, 2.05) is 149 Å². The summed E-state index contributed by atoms with van der Waals surface area (Å²) >= 11 is 0. The number of para-hydroxylation sites is 4. The van der Waals surface area contributed by atoms with Gasteiger partial charge in [-0.25, -0.2) is 57.7 Å². The predicted octanol–water partition coefficient (Wildman–Crippen LogP) is 33.9. The normalized spacial score (nSPS) is 15.6. The van der Waals surface area contributed by atoms with Gasteiger partial charge in [-0.1, -0.05) is 249 Å². The number of hydrogen-bond donors (Lipinski definition) is 2. The van der Waals surface area contributed by atoms with Gasteiger partial charge in [-0.15, -0.1) is 0 Å². The van der Waals surface area contributed by atoms with E-state index in [0.29, 0.717) is 55.1 Å². The van der Waals surface area contributed by atoms with E-state index < -0.39 is 105 Å². The molecule has 796 valence electrons. The van der Waals surface area contributed by atoms with Crippen molar-refractivity contribution in [2.24, 2.45) is 17.8 Å². The van der Waals surface area contributed by atoms with Crippen molar-refractivity contribution >= 4 is 83.7 Å². The first-order chi connectivity index (χ1) is 66.3. The fourth-order valence-electron chi connectivity index (χ4n) is 17.6. The van der Waals surface area contributed by atoms with Crippen LogP contribution in [0.15, 0.2) is 121 Å². The summed E-state index contributed by atoms with van der Waals surface area (Å²) < 4.78 is 56.1. The van der Waals surface area contributed by atoms with E-state index in [0.717, 1.165) is 193 Å². The standard InChI is InChI=1S/C26H39NO4.C25H45NO4.C19H37NO4.C18H27NO4.C16H23NO2.C11H15NO2/c1-25(2,20-14-8-5-9-15-20)30-23(28)27(22-18-12-7-13-19-22)24(29)31-26(3,4)21-16-10-6-11-17-21;1-4-7-8-9-10-11-16-21-26(22(27)29-24(5-2)17-12-13-18-24)23(28)30-25(6-3)19-14-15-20-25;1-8-9-10-11-12-13-14-15-20(16(21)23-18(2,3)4)17(22)24-19(5,6)7;1-7-17(3,4)22-15(20)19(14-12-10-9-11-13-14)16(21)23-18(5,6)8-2;1-16(2,13-9-5-3-6-10-13)19-15(18)17-14-11-7-4-8-12-14;1-11(2,3)14-10(13)12-9-7-5-4-6-8-9/h7,12-13,18-21H,5-6,8-11,14-17H2,1-4H3;4-21H2,1-3H3;8-15H2,1-7H3;9-13H,7-8H2,1-6H3;4,7-8,11-13H,3,5-6,9-10H2,1-2H3,(H,17,18);4-8H,1-3H3,(H,12,13). The summed E-state index contributed by atoms with van der Waals surface area (Å²) in [6, 6.07) is 36.2. The molecule has 2 N–H and O–H groups in total. The fraction of sp³-hybridized carbons (Fsp3) is 0.704. The molecule has 0 heterocycles. The highest BCUT2D eigenvalue weighted by Gasteiger charge is 2.46. The van der Waals surface area contributed by atoms with Crippen LogP contribution >= 0.6 is 0 Å². The van der Waals surface area contributed by atoms with Gasteiger partial charge >= 0.3 is 60.9 Å². The average molecular weight is 1970 g/mol. The second kappa shape index (κ2) is 61.5. The molecule has 4 aromatic carbocycles. The largest absolute Gasteiger partial charge is 0.444 e. The Bertz CT molecular complexity index is 4120. The first kappa shape index (κ1) is 124. The van der Waals surface area contributed by atoms with Gasteiger partial charge in [0, 0.05) is 24.5 Å². The molecule has 5 fully saturated rings. The number of carbonyl (C=O) groups is 10. The highest BCUT2D eigenvalue weighted by molar-refractivity contribution is 6.10. The minimum absolute atomic E-state index is 0.303. The molecule has 9 rings (SSSR count). The van der Waals surface area contributed by atoms with E-state index >= 15 is 0 Å². The first-order valence-electron chi connectivity index (χ1n) is 53.5. The number of hydrogen-bond acceptors (Lipinski definition) is 20. The van der Waals surface area contributed by atoms with Crippen molar-refractivity contribution in [1.29, 1.82) is 0 Å². The predicted molar refractivity (Wildman–Crippen MR) is 565 cm³/mol. The Balaban J connectivity index is 0.000000359. The van der Waals surface area contributed by atoms with Crippen LogP contribution in [-0.4, -0.2) is 140 Å². The first-order valence-corrected chi connectivity index (χ1v) is 53.5. The van der Waals surface area contributed by atoms with Crippen molar-refractivity contribution in [3.05, 3.63) is 121 Å². The Hall–Kier alpha value is -9.62. The zero-order chi connectivity index (χ0) is 105. The summed E-state index contributed by atoms with van der Waals surface area (Å²) in [5, 5.41) is 5.41. The van der Waals surface area contributed by atoms with Crippen LogP contribution in [0, 0.1) is 17.8 Å². The molecule has 5 saturated carbocycles. The van der Waals surface area contributed by atoms with Crippen LogP contribution in [0.2, 0.25) is 0 Å². The minimum atomic E-state index is -0.736. The van der Waals surface area contributed by atoms with Crippen LogP contribution in [0.25, 0.3) is 0 Å². The second-order valence-corrected chi connectivity index (χ2v) is 44.5. The quantitative estimate of drug-likeness (QED) is 0.0324. The van der Waals surface area contributed by atoms with Crippen molar-refractivity contribution in [3.8, 4) is 0 Å². The lowest BCUT2D eigenvalue weighted by molar-refractivity contribution is -0.0302. The van der Waals surface area contributed by atoms with E-state index in [2.05, 4.69) is 38.3 Å². The molecule has 10 amide bonds. The number of imide groups is 4. The third-order valence-corrected chi connectivity index (χ3v) is 27.0. The highest BCUT2D eigenvalue weighted by Crippen LogP contribution is 2.42. The van der Waals surface area contributed by atoms with Crippen molar-refractivity contribution in [3.63, 3.8) is 0 Å². The minimum Gasteiger partial charge on any atom is -0.444 e. The lowest BCUT2D eigenvalue weighted by atomic mass is 9.79. The van der Waals surface area contributed by atoms with Gasteiger partial charge in [-0.3, -0.25) is 10.6 Å². The van der Waals surface area contributed by atoms with Gasteiger partial charge in [0.25, 0.3) is 0 Å². The van der Waals surface area contributed by atoms with Gasteiger partial charge in [0.05, 0.1) is 11.4 Å². The summed E-state index contributed by atoms with van der Waals surface area (Å²) in [5.74, 6) is 1.08. The lowest BCUT2D eigenvalue weighted by Gasteiger charge is -2.39. The Labute approximate surface area is 849 Å². The molecule has 26 nitrogen and oxygen atoms in total. The zero-order valence-corrected chi connectivity index (χ0v) is 91.6. The maximum absolute atomic E-state index is 13.3. The van der Waals surface area contributed by atoms with Gasteiger partial charge in [0.1, 0.15) is 56.0 Å². The third-order valence-electron chi connectivity index (χ3n) is 27.0.